The lowest BCUT2D eigenvalue weighted by Gasteiger charge is -2.37. The Kier molecular flexibility index (Phi) is 5.68. The Morgan fingerprint density at radius 2 is 1.88 bits per heavy atom. The van der Waals surface area contributed by atoms with Crippen molar-refractivity contribution in [2.75, 3.05) is 29.9 Å². The number of nitrogens with one attached hydrogen (secondary N) is 2. The number of anilines is 3. The first kappa shape index (κ1) is 20.9. The second-order valence-corrected chi connectivity index (χ2v) is 10.4. The number of aryl methyl sites for hydroxylation is 1. The molecule has 2 N–H and O–H groups in total. The van der Waals surface area contributed by atoms with Gasteiger partial charge in [-0.2, -0.15) is 10.1 Å². The molecular formula is C25H35N7O. The highest BCUT2D eigenvalue weighted by Crippen LogP contribution is 2.37. The van der Waals surface area contributed by atoms with Crippen LogP contribution >= 0.6 is 0 Å². The number of aromatic nitrogens is 4. The third-order valence-corrected chi connectivity index (χ3v) is 8.30. The maximum Gasteiger partial charge on any atom is 0.227 e. The van der Waals surface area contributed by atoms with Crippen LogP contribution in [0.1, 0.15) is 80.7 Å². The van der Waals surface area contributed by atoms with Crippen LogP contribution in [0.3, 0.4) is 0 Å². The molecule has 8 nitrogen and oxygen atoms in total. The van der Waals surface area contributed by atoms with Gasteiger partial charge in [-0.25, -0.2) is 4.98 Å². The van der Waals surface area contributed by atoms with Gasteiger partial charge in [-0.05, 0) is 63.7 Å². The number of hydrogen-bond donors (Lipinski definition) is 2. The molecule has 8 heteroatoms. The lowest BCUT2D eigenvalue weighted by molar-refractivity contribution is -0.119. The summed E-state index contributed by atoms with van der Waals surface area (Å²) in [7, 11) is 0. The minimum absolute atomic E-state index is 0.416. The third-order valence-electron chi connectivity index (χ3n) is 8.30. The molecule has 6 rings (SSSR count). The second kappa shape index (κ2) is 8.95. The SMILES string of the molecule is O=CN1CCCC(C2CCCN2c2nc3c(c(Nc4cc(C5CCCC5)[nH]n4)n2)CCC3)C1. The number of amides is 1. The smallest absolute Gasteiger partial charge is 0.227 e. The maximum absolute atomic E-state index is 11.4. The van der Waals surface area contributed by atoms with Crippen molar-refractivity contribution in [2.45, 2.75) is 82.6 Å². The number of likely N-dealkylation sites (tertiary alicyclic amines) is 1. The van der Waals surface area contributed by atoms with E-state index in [1.807, 2.05) is 4.90 Å². The zero-order valence-electron chi connectivity index (χ0n) is 19.4. The van der Waals surface area contributed by atoms with Crippen LogP contribution in [0.4, 0.5) is 17.6 Å². The summed E-state index contributed by atoms with van der Waals surface area (Å²) in [6.07, 6.45) is 13.9. The molecule has 2 saturated heterocycles. The van der Waals surface area contributed by atoms with E-state index in [0.717, 1.165) is 82.2 Å². The summed E-state index contributed by atoms with van der Waals surface area (Å²) < 4.78 is 0. The summed E-state index contributed by atoms with van der Waals surface area (Å²) in [5.41, 5.74) is 3.69. The second-order valence-electron chi connectivity index (χ2n) is 10.4. The summed E-state index contributed by atoms with van der Waals surface area (Å²) in [5.74, 6) is 3.77. The van der Waals surface area contributed by atoms with Gasteiger partial charge in [0.1, 0.15) is 5.82 Å². The normalized spacial score (nSPS) is 25.6. The summed E-state index contributed by atoms with van der Waals surface area (Å²) in [4.78, 5) is 25.9. The van der Waals surface area contributed by atoms with Crippen molar-refractivity contribution in [3.63, 3.8) is 0 Å². The van der Waals surface area contributed by atoms with E-state index in [9.17, 15) is 4.79 Å². The largest absolute Gasteiger partial charge is 0.345 e. The van der Waals surface area contributed by atoms with Crippen LogP contribution in [0, 0.1) is 5.92 Å². The standard InChI is InChI=1S/C25H35N7O/c33-16-31-12-4-8-18(15-31)22-11-5-13-32(22)25-26-20-10-3-9-19(20)24(28-25)27-23-14-21(29-30-23)17-6-1-2-7-17/h14,16-18,22H,1-13,15H2,(H2,26,27,28,29,30). The summed E-state index contributed by atoms with van der Waals surface area (Å²) in [5, 5.41) is 11.4. The first-order valence-electron chi connectivity index (χ1n) is 13.0. The average Bonchev–Trinajstić information content (AvgIpc) is 3.65. The number of H-pyrrole nitrogens is 1. The Labute approximate surface area is 195 Å². The number of rotatable bonds is 6. The highest BCUT2D eigenvalue weighted by molar-refractivity contribution is 5.61. The van der Waals surface area contributed by atoms with E-state index in [2.05, 4.69) is 26.5 Å². The van der Waals surface area contributed by atoms with Crippen LogP contribution in [-0.4, -0.2) is 57.2 Å². The maximum atomic E-state index is 11.4. The Morgan fingerprint density at radius 1 is 1.00 bits per heavy atom. The number of aromatic amines is 1. The third kappa shape index (κ3) is 4.08. The molecule has 0 bridgehead atoms. The van der Waals surface area contributed by atoms with Crippen molar-refractivity contribution in [1.82, 2.24) is 25.1 Å². The fourth-order valence-electron chi connectivity index (χ4n) is 6.60. The van der Waals surface area contributed by atoms with E-state index in [1.54, 1.807) is 0 Å². The van der Waals surface area contributed by atoms with Gasteiger partial charge >= 0.3 is 0 Å². The van der Waals surface area contributed by atoms with Gasteiger partial charge in [0.15, 0.2) is 5.82 Å². The Morgan fingerprint density at radius 3 is 2.76 bits per heavy atom. The molecule has 0 spiro atoms. The van der Waals surface area contributed by atoms with Crippen LogP contribution in [0.5, 0.6) is 0 Å². The van der Waals surface area contributed by atoms with Crippen LogP contribution in [0.25, 0.3) is 0 Å². The molecule has 2 aromatic rings. The van der Waals surface area contributed by atoms with Crippen LogP contribution in [-0.2, 0) is 17.6 Å². The molecule has 0 aromatic carbocycles. The molecule has 2 aromatic heterocycles. The van der Waals surface area contributed by atoms with E-state index >= 15 is 0 Å². The van der Waals surface area contributed by atoms with Crippen molar-refractivity contribution >= 4 is 24.0 Å². The highest BCUT2D eigenvalue weighted by Gasteiger charge is 2.36. The van der Waals surface area contributed by atoms with Gasteiger partial charge in [0.25, 0.3) is 0 Å². The molecule has 2 unspecified atom stereocenters. The van der Waals surface area contributed by atoms with Crippen molar-refractivity contribution < 1.29 is 4.79 Å². The zero-order chi connectivity index (χ0) is 22.2. The van der Waals surface area contributed by atoms with Gasteiger partial charge in [-0.15, -0.1) is 0 Å². The fourth-order valence-corrected chi connectivity index (χ4v) is 6.60. The molecule has 2 aliphatic heterocycles. The minimum Gasteiger partial charge on any atom is -0.345 e. The number of fused-ring (bicyclic) bond motifs is 1. The fraction of sp³-hybridized carbons (Fsp3) is 0.680. The molecule has 4 aliphatic rings. The Balaban J connectivity index is 1.26. The zero-order valence-corrected chi connectivity index (χ0v) is 19.4. The first-order chi connectivity index (χ1) is 16.3. The molecule has 0 radical (unpaired) electrons. The highest BCUT2D eigenvalue weighted by atomic mass is 16.1. The van der Waals surface area contributed by atoms with E-state index in [0.29, 0.717) is 17.9 Å². The summed E-state index contributed by atoms with van der Waals surface area (Å²) in [6.45, 7) is 2.75. The quantitative estimate of drug-likeness (QED) is 0.650. The number of hydrogen-bond acceptors (Lipinski definition) is 6. The van der Waals surface area contributed by atoms with Gasteiger partial charge in [-0.3, -0.25) is 9.89 Å². The number of nitrogens with zero attached hydrogens (tertiary/aromatic N) is 5. The van der Waals surface area contributed by atoms with Crippen molar-refractivity contribution in [2.24, 2.45) is 5.92 Å². The molecule has 2 atom stereocenters. The van der Waals surface area contributed by atoms with Crippen LogP contribution in [0.15, 0.2) is 6.07 Å². The molecule has 33 heavy (non-hydrogen) atoms. The minimum atomic E-state index is 0.416. The first-order valence-corrected chi connectivity index (χ1v) is 13.0. The predicted molar refractivity (Wildman–Crippen MR) is 128 cm³/mol. The van der Waals surface area contributed by atoms with Gasteiger partial charge < -0.3 is 15.1 Å². The van der Waals surface area contributed by atoms with Crippen LogP contribution in [0.2, 0.25) is 0 Å². The summed E-state index contributed by atoms with van der Waals surface area (Å²) >= 11 is 0. The lowest BCUT2D eigenvalue weighted by Crippen LogP contribution is -2.45. The molecule has 2 aliphatic carbocycles. The van der Waals surface area contributed by atoms with Crippen molar-refractivity contribution in [3.05, 3.63) is 23.0 Å². The predicted octanol–water partition coefficient (Wildman–Crippen LogP) is 3.93. The average molecular weight is 450 g/mol. The van der Waals surface area contributed by atoms with Crippen LogP contribution < -0.4 is 10.2 Å². The number of carbonyl (C=O) groups is 1. The van der Waals surface area contributed by atoms with E-state index in [-0.39, 0.29) is 0 Å². The van der Waals surface area contributed by atoms with Gasteiger partial charge in [-0.1, -0.05) is 12.8 Å². The molecule has 176 valence electrons. The number of piperidine rings is 1. The monoisotopic (exact) mass is 449 g/mol. The Bertz CT molecular complexity index is 999. The molecule has 4 heterocycles. The Hall–Kier alpha value is -2.64. The van der Waals surface area contributed by atoms with Gasteiger partial charge in [0, 0.05) is 48.9 Å². The van der Waals surface area contributed by atoms with Crippen molar-refractivity contribution in [1.29, 1.82) is 0 Å². The molecule has 3 fully saturated rings. The topological polar surface area (TPSA) is 90.0 Å². The molecular weight excluding hydrogens is 414 g/mol. The van der Waals surface area contributed by atoms with E-state index < -0.39 is 0 Å². The van der Waals surface area contributed by atoms with Crippen molar-refractivity contribution in [3.8, 4) is 0 Å². The summed E-state index contributed by atoms with van der Waals surface area (Å²) in [6, 6.07) is 2.59. The lowest BCUT2D eigenvalue weighted by atomic mass is 9.89. The number of carbonyl (C=O) groups excluding carboxylic acids is 1. The van der Waals surface area contributed by atoms with Gasteiger partial charge in [0.05, 0.1) is 5.69 Å². The van der Waals surface area contributed by atoms with E-state index in [4.69, 9.17) is 9.97 Å². The molecule has 1 saturated carbocycles. The molecule has 1 amide bonds. The van der Waals surface area contributed by atoms with E-state index in [1.165, 1.54) is 49.1 Å². The van der Waals surface area contributed by atoms with Gasteiger partial charge in [0.2, 0.25) is 12.4 Å².